The smallest absolute Gasteiger partial charge is 0.224 e. The van der Waals surface area contributed by atoms with Gasteiger partial charge >= 0.3 is 0 Å². The van der Waals surface area contributed by atoms with Crippen LogP contribution >= 0.6 is 0 Å². The average molecular weight is 291 g/mol. The molecule has 0 heterocycles. The van der Waals surface area contributed by atoms with E-state index in [0.717, 1.165) is 0 Å². The summed E-state index contributed by atoms with van der Waals surface area (Å²) in [7, 11) is 0. The Labute approximate surface area is 125 Å². The fraction of sp³-hybridized carbons (Fsp3) is 0.471. The summed E-state index contributed by atoms with van der Waals surface area (Å²) in [5, 5.41) is 11.4. The molecule has 0 aromatic heterocycles. The molecule has 1 rings (SSSR count). The van der Waals surface area contributed by atoms with Crippen molar-refractivity contribution in [3.8, 4) is 11.8 Å². The number of benzene rings is 1. The average Bonchev–Trinajstić information content (AvgIpc) is 2.38. The maximum absolute atomic E-state index is 13.5. The first kappa shape index (κ1) is 17.2. The van der Waals surface area contributed by atoms with E-state index in [9.17, 15) is 9.18 Å². The second-order valence-electron chi connectivity index (χ2n) is 6.17. The molecule has 2 N–H and O–H groups in total. The zero-order valence-corrected chi connectivity index (χ0v) is 13.0. The van der Waals surface area contributed by atoms with Crippen LogP contribution in [0.1, 0.15) is 39.7 Å². The van der Waals surface area contributed by atoms with Gasteiger partial charge < -0.3 is 10.4 Å². The van der Waals surface area contributed by atoms with Crippen LogP contribution in [0, 0.1) is 29.0 Å². The highest BCUT2D eigenvalue weighted by atomic mass is 19.1. The van der Waals surface area contributed by atoms with E-state index in [-0.39, 0.29) is 29.4 Å². The molecular formula is C17H22FNO2. The highest BCUT2D eigenvalue weighted by Gasteiger charge is 2.22. The minimum absolute atomic E-state index is 0.0535. The maximum Gasteiger partial charge on any atom is 0.224 e. The summed E-state index contributed by atoms with van der Waals surface area (Å²) >= 11 is 0. The largest absolute Gasteiger partial charge is 0.384 e. The molecule has 0 bridgehead atoms. The molecule has 0 fully saturated rings. The minimum atomic E-state index is -0.475. The lowest BCUT2D eigenvalue weighted by molar-refractivity contribution is -0.117. The van der Waals surface area contributed by atoms with Crippen LogP contribution in [0.15, 0.2) is 18.2 Å². The number of aliphatic hydroxyl groups excluding tert-OH is 1. The van der Waals surface area contributed by atoms with E-state index >= 15 is 0 Å². The molecule has 0 aliphatic rings. The van der Waals surface area contributed by atoms with Crippen LogP contribution in [0.2, 0.25) is 0 Å². The molecule has 114 valence electrons. The number of carbonyl (C=O) groups excluding carboxylic acids is 1. The molecule has 1 aromatic carbocycles. The van der Waals surface area contributed by atoms with Crippen LogP contribution in [0.4, 0.5) is 10.1 Å². The van der Waals surface area contributed by atoms with Crippen molar-refractivity contribution in [2.45, 2.75) is 34.1 Å². The quantitative estimate of drug-likeness (QED) is 0.840. The number of rotatable bonds is 3. The first-order valence-corrected chi connectivity index (χ1v) is 6.93. The lowest BCUT2D eigenvalue weighted by Crippen LogP contribution is -2.23. The molecule has 0 spiro atoms. The molecule has 1 unspecified atom stereocenters. The molecule has 3 nitrogen and oxygen atoms in total. The summed E-state index contributed by atoms with van der Waals surface area (Å²) in [6.07, 6.45) is 0.401. The van der Waals surface area contributed by atoms with Crippen LogP contribution in [-0.2, 0) is 4.79 Å². The molecule has 0 saturated carbocycles. The Kier molecular flexibility index (Phi) is 5.92. The van der Waals surface area contributed by atoms with Crippen molar-refractivity contribution >= 4 is 11.6 Å². The van der Waals surface area contributed by atoms with Crippen LogP contribution in [0.25, 0.3) is 0 Å². The number of anilines is 1. The summed E-state index contributed by atoms with van der Waals surface area (Å²) in [4.78, 5) is 12.0. The van der Waals surface area contributed by atoms with E-state index < -0.39 is 5.82 Å². The van der Waals surface area contributed by atoms with E-state index in [0.29, 0.717) is 12.1 Å². The number of carbonyl (C=O) groups is 1. The zero-order valence-electron chi connectivity index (χ0n) is 13.0. The van der Waals surface area contributed by atoms with Gasteiger partial charge in [-0.25, -0.2) is 4.39 Å². The predicted molar refractivity (Wildman–Crippen MR) is 82.2 cm³/mol. The number of halogens is 1. The van der Waals surface area contributed by atoms with E-state index in [1.165, 1.54) is 18.2 Å². The first-order valence-electron chi connectivity index (χ1n) is 6.93. The highest BCUT2D eigenvalue weighted by Crippen LogP contribution is 2.28. The number of aliphatic hydroxyl groups is 1. The van der Waals surface area contributed by atoms with Crippen LogP contribution in [0.5, 0.6) is 0 Å². The molecule has 1 aromatic rings. The fourth-order valence-electron chi connectivity index (χ4n) is 1.63. The van der Waals surface area contributed by atoms with Gasteiger partial charge in [0.1, 0.15) is 12.4 Å². The van der Waals surface area contributed by atoms with Gasteiger partial charge in [-0.15, -0.1) is 0 Å². The summed E-state index contributed by atoms with van der Waals surface area (Å²) in [6, 6.07) is 4.22. The Hall–Kier alpha value is -1.86. The van der Waals surface area contributed by atoms with E-state index in [4.69, 9.17) is 5.11 Å². The van der Waals surface area contributed by atoms with Crippen molar-refractivity contribution in [3.63, 3.8) is 0 Å². The Balaban J connectivity index is 2.77. The molecular weight excluding hydrogens is 269 g/mol. The second kappa shape index (κ2) is 7.24. The third-order valence-electron chi connectivity index (χ3n) is 3.52. The number of hydrogen-bond acceptors (Lipinski definition) is 2. The molecule has 0 radical (unpaired) electrons. The standard InChI is InChI=1S/C17H22FNO2/c1-12(17(2,3)4)10-16(21)19-14-7-8-15(18)13(11-14)6-5-9-20/h7-8,11-12,20H,9-10H2,1-4H3,(H,19,21). The number of nitrogens with one attached hydrogen (secondary N) is 1. The molecule has 0 aliphatic carbocycles. The second-order valence-corrected chi connectivity index (χ2v) is 6.17. The Bertz CT molecular complexity index is 564. The van der Waals surface area contributed by atoms with Crippen molar-refractivity contribution in [2.24, 2.45) is 11.3 Å². The van der Waals surface area contributed by atoms with Crippen LogP contribution in [0.3, 0.4) is 0 Å². The summed E-state index contributed by atoms with van der Waals surface area (Å²) in [5.74, 6) is 4.55. The van der Waals surface area contributed by atoms with Gasteiger partial charge in [-0.3, -0.25) is 4.79 Å². The highest BCUT2D eigenvalue weighted by molar-refractivity contribution is 5.91. The van der Waals surface area contributed by atoms with Gasteiger partial charge in [0.15, 0.2) is 0 Å². The molecule has 0 saturated heterocycles. The van der Waals surface area contributed by atoms with E-state index in [1.54, 1.807) is 0 Å². The van der Waals surface area contributed by atoms with Gasteiger partial charge in [0.25, 0.3) is 0 Å². The van der Waals surface area contributed by atoms with Gasteiger partial charge in [-0.1, -0.05) is 39.5 Å². The monoisotopic (exact) mass is 291 g/mol. The van der Waals surface area contributed by atoms with Crippen LogP contribution in [-0.4, -0.2) is 17.6 Å². The van der Waals surface area contributed by atoms with Gasteiger partial charge in [-0.05, 0) is 29.5 Å². The SMILES string of the molecule is CC(CC(=O)Nc1ccc(F)c(C#CCO)c1)C(C)(C)C. The van der Waals surface area contributed by atoms with E-state index in [1.807, 2.05) is 6.92 Å². The Morgan fingerprint density at radius 3 is 2.67 bits per heavy atom. The summed E-state index contributed by atoms with van der Waals surface area (Å²) in [6.45, 7) is 7.96. The third-order valence-corrected chi connectivity index (χ3v) is 3.52. The van der Waals surface area contributed by atoms with Gasteiger partial charge in [0.2, 0.25) is 5.91 Å². The fourth-order valence-corrected chi connectivity index (χ4v) is 1.63. The molecule has 1 amide bonds. The molecule has 0 aliphatic heterocycles. The molecule has 4 heteroatoms. The normalized spacial score (nSPS) is 12.3. The number of amides is 1. The predicted octanol–water partition coefficient (Wildman–Crippen LogP) is 3.18. The Morgan fingerprint density at radius 1 is 1.43 bits per heavy atom. The van der Waals surface area contributed by atoms with Crippen molar-refractivity contribution in [1.82, 2.24) is 0 Å². The van der Waals surface area contributed by atoms with Crippen molar-refractivity contribution in [3.05, 3.63) is 29.6 Å². The topological polar surface area (TPSA) is 49.3 Å². The van der Waals surface area contributed by atoms with Gasteiger partial charge in [-0.2, -0.15) is 0 Å². The Morgan fingerprint density at radius 2 is 2.10 bits per heavy atom. The summed E-state index contributed by atoms with van der Waals surface area (Å²) < 4.78 is 13.5. The lowest BCUT2D eigenvalue weighted by Gasteiger charge is -2.26. The lowest BCUT2D eigenvalue weighted by atomic mass is 9.80. The van der Waals surface area contributed by atoms with Crippen LogP contribution < -0.4 is 5.32 Å². The first-order chi connectivity index (χ1) is 9.74. The van der Waals surface area contributed by atoms with Crippen molar-refractivity contribution in [1.29, 1.82) is 0 Å². The van der Waals surface area contributed by atoms with Gasteiger partial charge in [0.05, 0.1) is 5.56 Å². The van der Waals surface area contributed by atoms with E-state index in [2.05, 4.69) is 37.9 Å². The third kappa shape index (κ3) is 5.57. The van der Waals surface area contributed by atoms with Crippen molar-refractivity contribution < 1.29 is 14.3 Å². The number of hydrogen-bond donors (Lipinski definition) is 2. The molecule has 1 atom stereocenters. The summed E-state index contributed by atoms with van der Waals surface area (Å²) in [5.41, 5.74) is 0.716. The van der Waals surface area contributed by atoms with Crippen molar-refractivity contribution in [2.75, 3.05) is 11.9 Å². The minimum Gasteiger partial charge on any atom is -0.384 e. The van der Waals surface area contributed by atoms with Gasteiger partial charge in [0, 0.05) is 12.1 Å². The molecule has 21 heavy (non-hydrogen) atoms. The zero-order chi connectivity index (χ0) is 16.0. The maximum atomic E-state index is 13.5.